The van der Waals surface area contributed by atoms with Crippen LogP contribution in [0.1, 0.15) is 37.0 Å². The van der Waals surface area contributed by atoms with Gasteiger partial charge in [-0.2, -0.15) is 8.78 Å². The summed E-state index contributed by atoms with van der Waals surface area (Å²) in [6.07, 6.45) is 2.17. The molecule has 20 heavy (non-hydrogen) atoms. The molecule has 3 nitrogen and oxygen atoms in total. The summed E-state index contributed by atoms with van der Waals surface area (Å²) >= 11 is 0. The maximum atomic E-state index is 12.3. The smallest absolute Gasteiger partial charge is 0.387 e. The van der Waals surface area contributed by atoms with E-state index in [1.165, 1.54) is 0 Å². The molecule has 1 aromatic carbocycles. The van der Waals surface area contributed by atoms with Crippen LogP contribution in [0.25, 0.3) is 0 Å². The van der Waals surface area contributed by atoms with Gasteiger partial charge in [0.05, 0.1) is 12.2 Å². The summed E-state index contributed by atoms with van der Waals surface area (Å²) in [6, 6.07) is 4.98. The Morgan fingerprint density at radius 3 is 2.80 bits per heavy atom. The minimum atomic E-state index is -2.80. The highest BCUT2D eigenvalue weighted by Gasteiger charge is 2.19. The Morgan fingerprint density at radius 1 is 1.35 bits per heavy atom. The van der Waals surface area contributed by atoms with Gasteiger partial charge >= 0.3 is 6.61 Å². The van der Waals surface area contributed by atoms with Crippen LogP contribution < -0.4 is 10.1 Å². The highest BCUT2D eigenvalue weighted by molar-refractivity contribution is 5.36. The summed E-state index contributed by atoms with van der Waals surface area (Å²) in [5, 5.41) is 3.29. The number of aryl methyl sites for hydroxylation is 1. The van der Waals surface area contributed by atoms with Gasteiger partial charge in [-0.15, -0.1) is 0 Å². The number of rotatable bonds is 5. The average Bonchev–Trinajstić information content (AvgIpc) is 2.41. The van der Waals surface area contributed by atoms with E-state index in [4.69, 9.17) is 4.74 Å². The van der Waals surface area contributed by atoms with Crippen molar-refractivity contribution in [2.45, 2.75) is 45.5 Å². The van der Waals surface area contributed by atoms with Crippen LogP contribution in [0.5, 0.6) is 5.75 Å². The third-order valence-electron chi connectivity index (χ3n) is 3.56. The van der Waals surface area contributed by atoms with Crippen LogP contribution in [0.2, 0.25) is 0 Å². The first-order valence-corrected chi connectivity index (χ1v) is 6.98. The maximum Gasteiger partial charge on any atom is 0.387 e. The Balaban J connectivity index is 2.05. The van der Waals surface area contributed by atoms with Gasteiger partial charge in [0.1, 0.15) is 5.75 Å². The molecule has 2 atom stereocenters. The lowest BCUT2D eigenvalue weighted by atomic mass is 10.0. The molecule has 5 heteroatoms. The van der Waals surface area contributed by atoms with Crippen molar-refractivity contribution in [3.05, 3.63) is 29.3 Å². The molecule has 0 aliphatic carbocycles. The van der Waals surface area contributed by atoms with Gasteiger partial charge in [0.25, 0.3) is 0 Å². The van der Waals surface area contributed by atoms with E-state index in [0.29, 0.717) is 0 Å². The van der Waals surface area contributed by atoms with E-state index in [0.717, 1.165) is 37.1 Å². The second-order valence-electron chi connectivity index (χ2n) is 5.14. The van der Waals surface area contributed by atoms with Crippen LogP contribution in [0, 0.1) is 6.92 Å². The lowest BCUT2D eigenvalue weighted by molar-refractivity contribution is -0.0504. The first-order chi connectivity index (χ1) is 9.56. The number of alkyl halides is 2. The van der Waals surface area contributed by atoms with E-state index < -0.39 is 6.61 Å². The van der Waals surface area contributed by atoms with Crippen molar-refractivity contribution < 1.29 is 18.3 Å². The molecule has 2 rings (SSSR count). The van der Waals surface area contributed by atoms with Gasteiger partial charge in [-0.3, -0.25) is 0 Å². The molecule has 1 aliphatic heterocycles. The van der Waals surface area contributed by atoms with Crippen LogP contribution in [0.15, 0.2) is 18.2 Å². The Kier molecular flexibility index (Phi) is 5.31. The van der Waals surface area contributed by atoms with Crippen molar-refractivity contribution in [3.63, 3.8) is 0 Å². The van der Waals surface area contributed by atoms with E-state index >= 15 is 0 Å². The van der Waals surface area contributed by atoms with Crippen molar-refractivity contribution in [1.82, 2.24) is 5.32 Å². The Morgan fingerprint density at radius 2 is 2.15 bits per heavy atom. The van der Waals surface area contributed by atoms with Gasteiger partial charge in [0.2, 0.25) is 0 Å². The molecule has 1 heterocycles. The van der Waals surface area contributed by atoms with E-state index in [9.17, 15) is 8.78 Å². The highest BCUT2D eigenvalue weighted by atomic mass is 19.3. The zero-order chi connectivity index (χ0) is 14.5. The third kappa shape index (κ3) is 4.15. The molecular formula is C15H21F2NO2. The summed E-state index contributed by atoms with van der Waals surface area (Å²) in [7, 11) is 0. The quantitative estimate of drug-likeness (QED) is 0.899. The minimum Gasteiger partial charge on any atom is -0.435 e. The summed E-state index contributed by atoms with van der Waals surface area (Å²) in [5.41, 5.74) is 1.91. The van der Waals surface area contributed by atoms with Crippen molar-refractivity contribution in [2.24, 2.45) is 0 Å². The van der Waals surface area contributed by atoms with Gasteiger partial charge in [-0.05, 0) is 56.5 Å². The molecule has 0 spiro atoms. The fourth-order valence-electron chi connectivity index (χ4n) is 2.53. The van der Waals surface area contributed by atoms with Crippen LogP contribution in [0.3, 0.4) is 0 Å². The van der Waals surface area contributed by atoms with Crippen LogP contribution in [-0.4, -0.2) is 25.8 Å². The summed E-state index contributed by atoms with van der Waals surface area (Å²) < 4.78 is 35.0. The molecule has 1 aromatic rings. The minimum absolute atomic E-state index is 0.138. The number of hydrogen-bond donors (Lipinski definition) is 1. The topological polar surface area (TPSA) is 30.5 Å². The Labute approximate surface area is 118 Å². The molecular weight excluding hydrogens is 264 g/mol. The molecule has 1 aliphatic rings. The molecule has 0 radical (unpaired) electrons. The Bertz CT molecular complexity index is 434. The van der Waals surface area contributed by atoms with Gasteiger partial charge in [-0.25, -0.2) is 0 Å². The van der Waals surface area contributed by atoms with E-state index in [1.807, 2.05) is 13.8 Å². The number of benzene rings is 1. The molecule has 1 fully saturated rings. The molecule has 1 N–H and O–H groups in total. The summed E-state index contributed by atoms with van der Waals surface area (Å²) in [4.78, 5) is 0. The molecule has 0 bridgehead atoms. The van der Waals surface area contributed by atoms with Gasteiger partial charge in [0.15, 0.2) is 0 Å². The summed E-state index contributed by atoms with van der Waals surface area (Å²) in [6.45, 7) is 2.97. The van der Waals surface area contributed by atoms with Gasteiger partial charge < -0.3 is 14.8 Å². The van der Waals surface area contributed by atoms with Crippen molar-refractivity contribution in [2.75, 3.05) is 13.1 Å². The number of hydrogen-bond acceptors (Lipinski definition) is 3. The van der Waals surface area contributed by atoms with Gasteiger partial charge in [0, 0.05) is 6.54 Å². The first kappa shape index (κ1) is 15.2. The number of nitrogens with one attached hydrogen (secondary N) is 1. The lowest BCUT2D eigenvalue weighted by Gasteiger charge is -2.27. The third-order valence-corrected chi connectivity index (χ3v) is 3.56. The fraction of sp³-hybridized carbons (Fsp3) is 0.600. The number of piperidine rings is 1. The molecule has 0 aromatic heterocycles. The predicted molar refractivity (Wildman–Crippen MR) is 73.2 cm³/mol. The molecule has 112 valence electrons. The largest absolute Gasteiger partial charge is 0.435 e. The normalized spacial score (nSPS) is 20.9. The SMILES string of the molecule is Cc1ccc(OC(F)F)cc1[C@H](C)O[C@@H]1CCCNC1. The monoisotopic (exact) mass is 285 g/mol. The Hall–Kier alpha value is -1.20. The van der Waals surface area contributed by atoms with Crippen LogP contribution >= 0.6 is 0 Å². The highest BCUT2D eigenvalue weighted by Crippen LogP contribution is 2.28. The first-order valence-electron chi connectivity index (χ1n) is 6.98. The standard InChI is InChI=1S/C15H21F2NO2/c1-10-5-6-12(20-15(16)17)8-14(10)11(2)19-13-4-3-7-18-9-13/h5-6,8,11,13,15,18H,3-4,7,9H2,1-2H3/t11-,13+/m0/s1. The van der Waals surface area contributed by atoms with Crippen molar-refractivity contribution in [3.8, 4) is 5.75 Å². The average molecular weight is 285 g/mol. The van der Waals surface area contributed by atoms with Gasteiger partial charge in [-0.1, -0.05) is 6.07 Å². The maximum absolute atomic E-state index is 12.3. The van der Waals surface area contributed by atoms with Crippen molar-refractivity contribution >= 4 is 0 Å². The molecule has 1 saturated heterocycles. The molecule has 0 saturated carbocycles. The van der Waals surface area contributed by atoms with Crippen LogP contribution in [0.4, 0.5) is 8.78 Å². The number of halogens is 2. The molecule has 0 unspecified atom stereocenters. The van der Waals surface area contributed by atoms with Crippen LogP contribution in [-0.2, 0) is 4.74 Å². The number of ether oxygens (including phenoxy) is 2. The van der Waals surface area contributed by atoms with E-state index in [2.05, 4.69) is 10.1 Å². The van der Waals surface area contributed by atoms with E-state index in [-0.39, 0.29) is 18.0 Å². The zero-order valence-corrected chi connectivity index (χ0v) is 11.9. The predicted octanol–water partition coefficient (Wildman–Crippen LogP) is 3.43. The van der Waals surface area contributed by atoms with E-state index in [1.54, 1.807) is 18.2 Å². The summed E-state index contributed by atoms with van der Waals surface area (Å²) in [5.74, 6) is 0.179. The second-order valence-corrected chi connectivity index (χ2v) is 5.14. The van der Waals surface area contributed by atoms with Crippen molar-refractivity contribution in [1.29, 1.82) is 0 Å². The zero-order valence-electron chi connectivity index (χ0n) is 11.9. The fourth-order valence-corrected chi connectivity index (χ4v) is 2.53. The second kappa shape index (κ2) is 6.99. The molecule has 0 amide bonds. The lowest BCUT2D eigenvalue weighted by Crippen LogP contribution is -2.35.